The summed E-state index contributed by atoms with van der Waals surface area (Å²) >= 11 is 3.22. The number of furan rings is 1. The maximum Gasteiger partial charge on any atom is 0.289 e. The first kappa shape index (κ1) is 11.7. The topological polar surface area (TPSA) is 33.5 Å². The average Bonchev–Trinajstić information content (AvgIpc) is 2.57. The van der Waals surface area contributed by atoms with Crippen molar-refractivity contribution in [1.82, 2.24) is 4.90 Å². The predicted molar refractivity (Wildman–Crippen MR) is 65.4 cm³/mol. The summed E-state index contributed by atoms with van der Waals surface area (Å²) in [7, 11) is 0. The van der Waals surface area contributed by atoms with Crippen LogP contribution in [0.4, 0.5) is 0 Å². The molecule has 1 aromatic heterocycles. The van der Waals surface area contributed by atoms with E-state index in [9.17, 15) is 4.79 Å². The minimum absolute atomic E-state index is 0.0140. The van der Waals surface area contributed by atoms with Gasteiger partial charge in [-0.1, -0.05) is 12.8 Å². The van der Waals surface area contributed by atoms with Crippen LogP contribution in [0.15, 0.2) is 21.2 Å². The number of amides is 1. The first-order valence-corrected chi connectivity index (χ1v) is 6.54. The average molecular weight is 286 g/mol. The van der Waals surface area contributed by atoms with E-state index in [1.54, 1.807) is 12.1 Å². The molecule has 4 heteroatoms. The van der Waals surface area contributed by atoms with Gasteiger partial charge in [0.2, 0.25) is 0 Å². The van der Waals surface area contributed by atoms with Gasteiger partial charge in [-0.2, -0.15) is 0 Å². The van der Waals surface area contributed by atoms with Crippen LogP contribution in [0, 0.1) is 0 Å². The zero-order valence-electron chi connectivity index (χ0n) is 9.41. The van der Waals surface area contributed by atoms with Crippen molar-refractivity contribution in [2.45, 2.75) is 38.6 Å². The molecule has 1 amide bonds. The van der Waals surface area contributed by atoms with Gasteiger partial charge in [-0.15, -0.1) is 0 Å². The van der Waals surface area contributed by atoms with Gasteiger partial charge in [0, 0.05) is 12.6 Å². The van der Waals surface area contributed by atoms with Gasteiger partial charge in [-0.3, -0.25) is 4.79 Å². The molecule has 0 bridgehead atoms. The molecular weight excluding hydrogens is 270 g/mol. The van der Waals surface area contributed by atoms with Crippen molar-refractivity contribution in [3.8, 4) is 0 Å². The molecule has 88 valence electrons. The minimum Gasteiger partial charge on any atom is -0.444 e. The van der Waals surface area contributed by atoms with Crippen LogP contribution in [0.25, 0.3) is 0 Å². The molecule has 1 aliphatic heterocycles. The van der Waals surface area contributed by atoms with E-state index in [0.29, 0.717) is 16.5 Å². The maximum atomic E-state index is 12.2. The molecule has 0 saturated carbocycles. The molecule has 3 nitrogen and oxygen atoms in total. The number of carbonyl (C=O) groups excluding carboxylic acids is 1. The molecule has 1 atom stereocenters. The van der Waals surface area contributed by atoms with E-state index in [1.165, 1.54) is 12.8 Å². The van der Waals surface area contributed by atoms with Gasteiger partial charge in [0.25, 0.3) is 5.91 Å². The summed E-state index contributed by atoms with van der Waals surface area (Å²) in [5.74, 6) is 0.445. The number of hydrogen-bond donors (Lipinski definition) is 0. The molecule has 1 aromatic rings. The smallest absolute Gasteiger partial charge is 0.289 e. The van der Waals surface area contributed by atoms with E-state index in [2.05, 4.69) is 22.9 Å². The molecule has 0 aliphatic carbocycles. The number of hydrogen-bond acceptors (Lipinski definition) is 2. The molecule has 0 N–H and O–H groups in total. The van der Waals surface area contributed by atoms with Crippen molar-refractivity contribution >= 4 is 21.8 Å². The summed E-state index contributed by atoms with van der Waals surface area (Å²) in [6, 6.07) is 3.80. The third kappa shape index (κ3) is 2.48. The quantitative estimate of drug-likeness (QED) is 0.792. The summed E-state index contributed by atoms with van der Waals surface area (Å²) in [4.78, 5) is 14.1. The Hall–Kier alpha value is -0.770. The van der Waals surface area contributed by atoms with Crippen LogP contribution < -0.4 is 0 Å². The lowest BCUT2D eigenvalue weighted by atomic mass is 10.1. The van der Waals surface area contributed by atoms with Crippen LogP contribution in [-0.2, 0) is 0 Å². The van der Waals surface area contributed by atoms with Gasteiger partial charge >= 0.3 is 0 Å². The molecule has 2 heterocycles. The fourth-order valence-corrected chi connectivity index (χ4v) is 2.45. The largest absolute Gasteiger partial charge is 0.444 e. The maximum absolute atomic E-state index is 12.2. The van der Waals surface area contributed by atoms with E-state index >= 15 is 0 Å². The molecule has 0 radical (unpaired) electrons. The third-order valence-electron chi connectivity index (χ3n) is 3.10. The Morgan fingerprint density at radius 2 is 2.25 bits per heavy atom. The zero-order chi connectivity index (χ0) is 11.5. The van der Waals surface area contributed by atoms with Crippen LogP contribution in [0.5, 0.6) is 0 Å². The molecule has 0 spiro atoms. The van der Waals surface area contributed by atoms with Gasteiger partial charge in [-0.05, 0) is 47.8 Å². The molecule has 1 fully saturated rings. The van der Waals surface area contributed by atoms with Gasteiger partial charge < -0.3 is 9.32 Å². The highest BCUT2D eigenvalue weighted by atomic mass is 79.9. The molecule has 1 aliphatic rings. The second-order valence-corrected chi connectivity index (χ2v) is 5.08. The van der Waals surface area contributed by atoms with Gasteiger partial charge in [-0.25, -0.2) is 0 Å². The Kier molecular flexibility index (Phi) is 3.69. The Bertz CT molecular complexity index is 375. The summed E-state index contributed by atoms with van der Waals surface area (Å²) in [6.07, 6.45) is 4.62. The number of carbonyl (C=O) groups is 1. The lowest BCUT2D eigenvalue weighted by Gasteiger charge is -2.26. The van der Waals surface area contributed by atoms with Crippen molar-refractivity contribution in [2.75, 3.05) is 6.54 Å². The monoisotopic (exact) mass is 285 g/mol. The minimum atomic E-state index is 0.0140. The van der Waals surface area contributed by atoms with E-state index < -0.39 is 0 Å². The van der Waals surface area contributed by atoms with E-state index in [0.717, 1.165) is 19.4 Å². The number of likely N-dealkylation sites (tertiary alicyclic amines) is 1. The first-order chi connectivity index (χ1) is 7.68. The number of nitrogens with zero attached hydrogens (tertiary/aromatic N) is 1. The Morgan fingerprint density at radius 3 is 2.94 bits per heavy atom. The third-order valence-corrected chi connectivity index (χ3v) is 3.52. The zero-order valence-corrected chi connectivity index (χ0v) is 11.0. The summed E-state index contributed by atoms with van der Waals surface area (Å²) in [5.41, 5.74) is 0. The Morgan fingerprint density at radius 1 is 1.44 bits per heavy atom. The standard InChI is InChI=1S/C12H16BrNO2/c1-9-5-3-2-4-8-14(9)12(15)10-6-7-11(13)16-10/h6-7,9H,2-5,8H2,1H3. The second-order valence-electron chi connectivity index (χ2n) is 4.30. The van der Waals surface area contributed by atoms with Gasteiger partial charge in [0.05, 0.1) is 0 Å². The SMILES string of the molecule is CC1CCCCCN1C(=O)c1ccc(Br)o1. The van der Waals surface area contributed by atoms with Crippen LogP contribution in [0.1, 0.15) is 43.2 Å². The molecule has 2 rings (SSSR count). The van der Waals surface area contributed by atoms with Crippen molar-refractivity contribution in [3.05, 3.63) is 22.6 Å². The predicted octanol–water partition coefficient (Wildman–Crippen LogP) is 3.45. The highest BCUT2D eigenvalue weighted by Gasteiger charge is 2.24. The molecule has 1 unspecified atom stereocenters. The summed E-state index contributed by atoms with van der Waals surface area (Å²) in [5, 5.41) is 0. The molecule has 16 heavy (non-hydrogen) atoms. The van der Waals surface area contributed by atoms with Crippen molar-refractivity contribution in [3.63, 3.8) is 0 Å². The molecule has 0 aromatic carbocycles. The molecule has 1 saturated heterocycles. The van der Waals surface area contributed by atoms with Crippen molar-refractivity contribution in [2.24, 2.45) is 0 Å². The molecular formula is C12H16BrNO2. The fourth-order valence-electron chi connectivity index (χ4n) is 2.15. The van der Waals surface area contributed by atoms with E-state index in [4.69, 9.17) is 4.42 Å². The first-order valence-electron chi connectivity index (χ1n) is 5.75. The van der Waals surface area contributed by atoms with Crippen LogP contribution >= 0.6 is 15.9 Å². The van der Waals surface area contributed by atoms with Crippen molar-refractivity contribution in [1.29, 1.82) is 0 Å². The summed E-state index contributed by atoms with van der Waals surface area (Å²) < 4.78 is 5.92. The number of halogens is 1. The van der Waals surface area contributed by atoms with E-state index in [1.807, 2.05) is 4.90 Å². The van der Waals surface area contributed by atoms with Gasteiger partial charge in [0.15, 0.2) is 10.4 Å². The fraction of sp³-hybridized carbons (Fsp3) is 0.583. The van der Waals surface area contributed by atoms with Crippen LogP contribution in [0.3, 0.4) is 0 Å². The van der Waals surface area contributed by atoms with E-state index in [-0.39, 0.29) is 5.91 Å². The lowest BCUT2D eigenvalue weighted by Crippen LogP contribution is -2.38. The van der Waals surface area contributed by atoms with Crippen molar-refractivity contribution < 1.29 is 9.21 Å². The highest BCUT2D eigenvalue weighted by molar-refractivity contribution is 9.10. The summed E-state index contributed by atoms with van der Waals surface area (Å²) in [6.45, 7) is 2.96. The number of rotatable bonds is 1. The van der Waals surface area contributed by atoms with Gasteiger partial charge in [0.1, 0.15) is 0 Å². The van der Waals surface area contributed by atoms with Crippen LogP contribution in [-0.4, -0.2) is 23.4 Å². The Labute approximate surface area is 104 Å². The lowest BCUT2D eigenvalue weighted by molar-refractivity contribution is 0.0664. The normalized spacial score (nSPS) is 21.9. The second kappa shape index (κ2) is 5.04. The Balaban J connectivity index is 2.13. The highest BCUT2D eigenvalue weighted by Crippen LogP contribution is 2.21. The van der Waals surface area contributed by atoms with Crippen LogP contribution in [0.2, 0.25) is 0 Å².